The van der Waals surface area contributed by atoms with Crippen LogP contribution in [-0.4, -0.2) is 13.7 Å². The van der Waals surface area contributed by atoms with Crippen LogP contribution < -0.4 is 0 Å². The molecule has 0 saturated heterocycles. The summed E-state index contributed by atoms with van der Waals surface area (Å²) < 4.78 is 0. The van der Waals surface area contributed by atoms with Crippen molar-refractivity contribution in [3.8, 4) is 0 Å². The Hall–Kier alpha value is -0.0800. The fourth-order valence-electron chi connectivity index (χ4n) is 0.142. The van der Waals surface area contributed by atoms with E-state index in [1.54, 1.807) is 0 Å². The van der Waals surface area contributed by atoms with Crippen LogP contribution in [0.3, 0.4) is 0 Å². The summed E-state index contributed by atoms with van der Waals surface area (Å²) in [7, 11) is 1.48. The second-order valence-electron chi connectivity index (χ2n) is 0.842. The van der Waals surface area contributed by atoms with Crippen LogP contribution >= 0.6 is 0 Å². The van der Waals surface area contributed by atoms with Crippen LogP contribution in [0.5, 0.6) is 0 Å². The molecule has 0 aromatic rings. The minimum absolute atomic E-state index is 0.580. The number of hydrogen-bond donors (Lipinski definition) is 0. The average molecular weight is 89.1 g/mol. The molecule has 1 radical (unpaired) electrons. The van der Waals surface area contributed by atoms with Crippen molar-refractivity contribution in [2.75, 3.05) is 13.7 Å². The molecule has 0 aromatic carbocycles. The van der Waals surface area contributed by atoms with Crippen molar-refractivity contribution in [2.24, 2.45) is 0 Å². The molecule has 37 valence electrons. The highest BCUT2D eigenvalue weighted by atomic mass is 17.2. The molecule has 0 bridgehead atoms. The fourth-order valence-corrected chi connectivity index (χ4v) is 0.142. The molecule has 0 fully saturated rings. The first kappa shape index (κ1) is 5.92. The van der Waals surface area contributed by atoms with Gasteiger partial charge in [-0.05, 0) is 6.42 Å². The van der Waals surface area contributed by atoms with Crippen molar-refractivity contribution in [2.45, 2.75) is 6.42 Å². The largest absolute Gasteiger partial charge is 0.240 e. The van der Waals surface area contributed by atoms with E-state index in [9.17, 15) is 0 Å². The third-order valence-electron chi connectivity index (χ3n) is 0.346. The fraction of sp³-hybridized carbons (Fsp3) is 0.750. The Kier molecular flexibility index (Phi) is 4.85. The molecule has 0 N–H and O–H groups in total. The molecule has 0 aliphatic carbocycles. The summed E-state index contributed by atoms with van der Waals surface area (Å²) in [5.74, 6) is 0. The van der Waals surface area contributed by atoms with Gasteiger partial charge in [-0.15, -0.1) is 0 Å². The van der Waals surface area contributed by atoms with E-state index in [4.69, 9.17) is 0 Å². The molecule has 0 rings (SSSR count). The third kappa shape index (κ3) is 3.92. The summed E-state index contributed by atoms with van der Waals surface area (Å²) >= 11 is 0. The zero-order valence-electron chi connectivity index (χ0n) is 3.94. The molecule has 0 aromatic heterocycles. The molecular weight excluding hydrogens is 80.0 g/mol. The summed E-state index contributed by atoms with van der Waals surface area (Å²) in [5, 5.41) is 0. The molecule has 0 saturated carbocycles. The molecule has 6 heavy (non-hydrogen) atoms. The van der Waals surface area contributed by atoms with Gasteiger partial charge >= 0.3 is 0 Å². The molecular formula is C4H9O2. The molecule has 0 spiro atoms. The lowest BCUT2D eigenvalue weighted by Gasteiger charge is -1.90. The van der Waals surface area contributed by atoms with Crippen molar-refractivity contribution in [3.63, 3.8) is 0 Å². The van der Waals surface area contributed by atoms with E-state index in [0.29, 0.717) is 6.61 Å². The van der Waals surface area contributed by atoms with E-state index < -0.39 is 0 Å². The minimum atomic E-state index is 0.580. The van der Waals surface area contributed by atoms with Gasteiger partial charge in [0.25, 0.3) is 0 Å². The van der Waals surface area contributed by atoms with E-state index in [0.717, 1.165) is 6.42 Å². The molecule has 0 heterocycles. The summed E-state index contributed by atoms with van der Waals surface area (Å²) in [6.07, 6.45) is 0.758. The maximum atomic E-state index is 4.42. The quantitative estimate of drug-likeness (QED) is 0.289. The highest BCUT2D eigenvalue weighted by molar-refractivity contribution is 4.30. The van der Waals surface area contributed by atoms with Crippen LogP contribution in [0.2, 0.25) is 0 Å². The van der Waals surface area contributed by atoms with Crippen LogP contribution in [0.25, 0.3) is 0 Å². The summed E-state index contributed by atoms with van der Waals surface area (Å²) in [5.41, 5.74) is 0. The second kappa shape index (κ2) is 4.92. The molecule has 0 aliphatic heterocycles. The molecule has 2 nitrogen and oxygen atoms in total. The summed E-state index contributed by atoms with van der Waals surface area (Å²) in [4.78, 5) is 8.66. The van der Waals surface area contributed by atoms with Gasteiger partial charge in [0, 0.05) is 0 Å². The maximum absolute atomic E-state index is 4.42. The maximum Gasteiger partial charge on any atom is 0.0822 e. The van der Waals surface area contributed by atoms with Gasteiger partial charge in [-0.1, -0.05) is 6.92 Å². The van der Waals surface area contributed by atoms with Gasteiger partial charge in [-0.3, -0.25) is 0 Å². The van der Waals surface area contributed by atoms with E-state index in [2.05, 4.69) is 16.7 Å². The zero-order chi connectivity index (χ0) is 4.83. The van der Waals surface area contributed by atoms with Crippen LogP contribution in [0, 0.1) is 6.92 Å². The Bertz CT molecular complexity index is 17.5. The van der Waals surface area contributed by atoms with Crippen molar-refractivity contribution in [3.05, 3.63) is 6.92 Å². The molecule has 0 aliphatic rings. The molecule has 2 heteroatoms. The van der Waals surface area contributed by atoms with Gasteiger partial charge in [0.05, 0.1) is 13.7 Å². The molecule has 0 amide bonds. The third-order valence-corrected chi connectivity index (χ3v) is 0.346. The Morgan fingerprint density at radius 2 is 2.33 bits per heavy atom. The van der Waals surface area contributed by atoms with E-state index in [1.807, 2.05) is 0 Å². The van der Waals surface area contributed by atoms with Gasteiger partial charge in [-0.25, -0.2) is 9.78 Å². The standard InChI is InChI=1S/C4H9O2/c1-3-4-6-5-2/h1,3-4H2,2H3. The monoisotopic (exact) mass is 89.1 g/mol. The van der Waals surface area contributed by atoms with Crippen molar-refractivity contribution in [1.82, 2.24) is 0 Å². The Morgan fingerprint density at radius 1 is 1.67 bits per heavy atom. The van der Waals surface area contributed by atoms with Crippen molar-refractivity contribution in [1.29, 1.82) is 0 Å². The first-order valence-corrected chi connectivity index (χ1v) is 1.86. The highest BCUT2D eigenvalue weighted by Gasteiger charge is 1.73. The second-order valence-corrected chi connectivity index (χ2v) is 0.842. The lowest BCUT2D eigenvalue weighted by atomic mass is 10.5. The van der Waals surface area contributed by atoms with Gasteiger partial charge in [0.1, 0.15) is 0 Å². The van der Waals surface area contributed by atoms with E-state index in [1.165, 1.54) is 7.11 Å². The SMILES string of the molecule is [CH2]CCOOC. The highest BCUT2D eigenvalue weighted by Crippen LogP contribution is 1.75. The van der Waals surface area contributed by atoms with Gasteiger partial charge in [0.2, 0.25) is 0 Å². The normalized spacial score (nSPS) is 9.00. The van der Waals surface area contributed by atoms with E-state index in [-0.39, 0.29) is 0 Å². The van der Waals surface area contributed by atoms with E-state index >= 15 is 0 Å². The van der Waals surface area contributed by atoms with Crippen LogP contribution in [-0.2, 0) is 9.78 Å². The first-order chi connectivity index (χ1) is 2.91. The lowest BCUT2D eigenvalue weighted by molar-refractivity contribution is -0.271. The van der Waals surface area contributed by atoms with Gasteiger partial charge in [-0.2, -0.15) is 0 Å². The first-order valence-electron chi connectivity index (χ1n) is 1.86. The minimum Gasteiger partial charge on any atom is -0.240 e. The van der Waals surface area contributed by atoms with Crippen molar-refractivity contribution >= 4 is 0 Å². The summed E-state index contributed by atoms with van der Waals surface area (Å²) in [6, 6.07) is 0. The zero-order valence-corrected chi connectivity index (χ0v) is 3.94. The van der Waals surface area contributed by atoms with Crippen LogP contribution in [0.4, 0.5) is 0 Å². The predicted molar refractivity (Wildman–Crippen MR) is 22.9 cm³/mol. The van der Waals surface area contributed by atoms with Crippen molar-refractivity contribution < 1.29 is 9.78 Å². The predicted octanol–water partition coefficient (Wildman–Crippen LogP) is 0.789. The summed E-state index contributed by atoms with van der Waals surface area (Å²) in [6.45, 7) is 4.10. The Labute approximate surface area is 38.0 Å². The molecule has 0 unspecified atom stereocenters. The number of hydrogen-bond acceptors (Lipinski definition) is 2. The van der Waals surface area contributed by atoms with Crippen LogP contribution in [0.1, 0.15) is 6.42 Å². The Balaban J connectivity index is 2.34. The topological polar surface area (TPSA) is 18.5 Å². The smallest absolute Gasteiger partial charge is 0.0822 e. The lowest BCUT2D eigenvalue weighted by Crippen LogP contribution is -1.88. The average Bonchev–Trinajstić information content (AvgIpc) is 1.61. The van der Waals surface area contributed by atoms with Gasteiger partial charge < -0.3 is 0 Å². The van der Waals surface area contributed by atoms with Crippen LogP contribution in [0.15, 0.2) is 0 Å². The Morgan fingerprint density at radius 3 is 2.50 bits per heavy atom. The van der Waals surface area contributed by atoms with Gasteiger partial charge in [0.15, 0.2) is 0 Å². The molecule has 0 atom stereocenters. The number of rotatable bonds is 3.